The Morgan fingerprint density at radius 1 is 1.06 bits per heavy atom. The number of ether oxygens (including phenoxy) is 1. The van der Waals surface area contributed by atoms with Crippen molar-refractivity contribution in [3.63, 3.8) is 0 Å². The van der Waals surface area contributed by atoms with Crippen LogP contribution in [0.2, 0.25) is 0 Å². The first-order valence-corrected chi connectivity index (χ1v) is 10.0. The van der Waals surface area contributed by atoms with E-state index in [1.807, 2.05) is 79.9 Å². The first-order valence-electron chi connectivity index (χ1n) is 10.0. The largest absolute Gasteiger partial charge is 0.473 e. The Kier molecular flexibility index (Phi) is 5.84. The fraction of sp³-hybridized carbons (Fsp3) is 0.208. The normalized spacial score (nSPS) is 10.8. The van der Waals surface area contributed by atoms with Crippen LogP contribution in [0, 0.1) is 20.8 Å². The molecule has 1 aromatic carbocycles. The van der Waals surface area contributed by atoms with Gasteiger partial charge in [0.05, 0.1) is 5.56 Å². The second-order valence-electron chi connectivity index (χ2n) is 7.38. The number of nitrogens with zero attached hydrogens (tertiary/aromatic N) is 3. The van der Waals surface area contributed by atoms with E-state index in [4.69, 9.17) is 9.26 Å². The molecule has 0 atom stereocenters. The van der Waals surface area contributed by atoms with E-state index in [0.717, 1.165) is 28.3 Å². The van der Waals surface area contributed by atoms with E-state index < -0.39 is 0 Å². The summed E-state index contributed by atoms with van der Waals surface area (Å²) in [5, 5.41) is 7.03. The van der Waals surface area contributed by atoms with Crippen LogP contribution in [-0.2, 0) is 13.2 Å². The molecule has 0 unspecified atom stereocenters. The Labute approximate surface area is 180 Å². The molecule has 3 aromatic heterocycles. The minimum absolute atomic E-state index is 0.150. The maximum atomic E-state index is 12.8. The smallest absolute Gasteiger partial charge is 0.253 e. The zero-order valence-electron chi connectivity index (χ0n) is 17.8. The number of carbonyl (C=O) groups excluding carboxylic acids is 1. The summed E-state index contributed by atoms with van der Waals surface area (Å²) < 4.78 is 12.9. The number of hydrogen-bond acceptors (Lipinski definition) is 5. The Morgan fingerprint density at radius 2 is 1.87 bits per heavy atom. The van der Waals surface area contributed by atoms with Crippen LogP contribution in [0.5, 0.6) is 5.88 Å². The van der Waals surface area contributed by atoms with Gasteiger partial charge in [-0.05, 0) is 44.0 Å². The van der Waals surface area contributed by atoms with Crippen LogP contribution < -0.4 is 10.1 Å². The summed E-state index contributed by atoms with van der Waals surface area (Å²) in [5.41, 5.74) is 4.31. The molecule has 0 spiro atoms. The van der Waals surface area contributed by atoms with Crippen molar-refractivity contribution in [1.29, 1.82) is 0 Å². The van der Waals surface area contributed by atoms with E-state index in [2.05, 4.69) is 15.5 Å². The summed E-state index contributed by atoms with van der Waals surface area (Å²) in [7, 11) is 0. The van der Waals surface area contributed by atoms with Gasteiger partial charge in [-0.1, -0.05) is 35.5 Å². The molecule has 31 heavy (non-hydrogen) atoms. The molecule has 0 aliphatic heterocycles. The number of benzene rings is 1. The van der Waals surface area contributed by atoms with Gasteiger partial charge in [0.1, 0.15) is 12.4 Å². The zero-order chi connectivity index (χ0) is 21.8. The van der Waals surface area contributed by atoms with E-state index in [9.17, 15) is 4.79 Å². The number of carbonyl (C=O) groups is 1. The lowest BCUT2D eigenvalue weighted by Crippen LogP contribution is -2.23. The number of aryl methyl sites for hydroxylation is 2. The minimum atomic E-state index is -0.150. The third-order valence-corrected chi connectivity index (χ3v) is 5.00. The van der Waals surface area contributed by atoms with Crippen LogP contribution in [-0.4, -0.2) is 20.6 Å². The topological polar surface area (TPSA) is 82.2 Å². The van der Waals surface area contributed by atoms with E-state index in [1.54, 1.807) is 6.20 Å². The quantitative estimate of drug-likeness (QED) is 0.486. The van der Waals surface area contributed by atoms with E-state index in [-0.39, 0.29) is 5.91 Å². The molecular formula is C24H24N4O3. The SMILES string of the molecule is Cc1cc(-n2c(C)cc(C(=O)NCc3ccnc(OCc4ccccc4)c3)c2C)no1. The van der Waals surface area contributed by atoms with E-state index in [0.29, 0.717) is 30.4 Å². The van der Waals surface area contributed by atoms with Crippen molar-refractivity contribution in [2.45, 2.75) is 33.9 Å². The molecule has 1 N–H and O–H groups in total. The lowest BCUT2D eigenvalue weighted by atomic mass is 10.2. The minimum Gasteiger partial charge on any atom is -0.473 e. The number of pyridine rings is 1. The Morgan fingerprint density at radius 3 is 2.61 bits per heavy atom. The first-order chi connectivity index (χ1) is 15.0. The second kappa shape index (κ2) is 8.87. The molecule has 0 saturated carbocycles. The molecule has 3 heterocycles. The molecular weight excluding hydrogens is 392 g/mol. The average molecular weight is 416 g/mol. The molecule has 0 aliphatic carbocycles. The highest BCUT2D eigenvalue weighted by Crippen LogP contribution is 2.21. The Balaban J connectivity index is 1.41. The highest BCUT2D eigenvalue weighted by Gasteiger charge is 2.18. The van der Waals surface area contributed by atoms with Gasteiger partial charge < -0.3 is 14.6 Å². The fourth-order valence-electron chi connectivity index (χ4n) is 3.45. The van der Waals surface area contributed by atoms with Gasteiger partial charge in [0.15, 0.2) is 5.82 Å². The average Bonchev–Trinajstić information content (AvgIpc) is 3.33. The van der Waals surface area contributed by atoms with Gasteiger partial charge in [-0.25, -0.2) is 4.98 Å². The van der Waals surface area contributed by atoms with Gasteiger partial charge in [0.25, 0.3) is 5.91 Å². The van der Waals surface area contributed by atoms with Crippen LogP contribution in [0.1, 0.15) is 38.6 Å². The van der Waals surface area contributed by atoms with Crippen LogP contribution >= 0.6 is 0 Å². The third kappa shape index (κ3) is 4.66. The lowest BCUT2D eigenvalue weighted by molar-refractivity contribution is 0.0950. The van der Waals surface area contributed by atoms with Gasteiger partial charge in [-0.3, -0.25) is 9.36 Å². The Hall–Kier alpha value is -3.87. The molecule has 158 valence electrons. The molecule has 0 bridgehead atoms. The van der Waals surface area contributed by atoms with Gasteiger partial charge >= 0.3 is 0 Å². The van der Waals surface area contributed by atoms with Gasteiger partial charge in [-0.2, -0.15) is 0 Å². The first kappa shape index (κ1) is 20.4. The molecule has 1 amide bonds. The number of amides is 1. The Bertz CT molecular complexity index is 1190. The van der Waals surface area contributed by atoms with Crippen LogP contribution in [0.4, 0.5) is 0 Å². The molecule has 0 saturated heterocycles. The number of aromatic nitrogens is 3. The van der Waals surface area contributed by atoms with Gasteiger partial charge in [-0.15, -0.1) is 0 Å². The molecule has 0 fully saturated rings. The van der Waals surface area contributed by atoms with Crippen LogP contribution in [0.3, 0.4) is 0 Å². The molecule has 7 heteroatoms. The van der Waals surface area contributed by atoms with Crippen molar-refractivity contribution in [2.75, 3.05) is 0 Å². The van der Waals surface area contributed by atoms with Crippen molar-refractivity contribution < 1.29 is 14.1 Å². The number of rotatable bonds is 7. The summed E-state index contributed by atoms with van der Waals surface area (Å²) in [6, 6.07) is 17.3. The summed E-state index contributed by atoms with van der Waals surface area (Å²) in [4.78, 5) is 17.1. The van der Waals surface area contributed by atoms with Crippen LogP contribution in [0.25, 0.3) is 5.82 Å². The van der Waals surface area contributed by atoms with Crippen molar-refractivity contribution in [3.05, 3.63) is 94.6 Å². The molecule has 7 nitrogen and oxygen atoms in total. The predicted molar refractivity (Wildman–Crippen MR) is 116 cm³/mol. The summed E-state index contributed by atoms with van der Waals surface area (Å²) in [6.07, 6.45) is 1.68. The van der Waals surface area contributed by atoms with Gasteiger partial charge in [0.2, 0.25) is 5.88 Å². The van der Waals surface area contributed by atoms with Gasteiger partial charge in [0, 0.05) is 36.3 Å². The monoisotopic (exact) mass is 416 g/mol. The second-order valence-corrected chi connectivity index (χ2v) is 7.38. The van der Waals surface area contributed by atoms with E-state index >= 15 is 0 Å². The number of nitrogens with one attached hydrogen (secondary N) is 1. The maximum absolute atomic E-state index is 12.8. The lowest BCUT2D eigenvalue weighted by Gasteiger charge is -2.09. The van der Waals surface area contributed by atoms with Crippen molar-refractivity contribution in [3.8, 4) is 11.7 Å². The fourth-order valence-corrected chi connectivity index (χ4v) is 3.45. The molecule has 4 rings (SSSR count). The zero-order valence-corrected chi connectivity index (χ0v) is 17.8. The van der Waals surface area contributed by atoms with Crippen molar-refractivity contribution in [1.82, 2.24) is 20.0 Å². The summed E-state index contributed by atoms with van der Waals surface area (Å²) in [5.74, 6) is 1.76. The molecule has 4 aromatic rings. The summed E-state index contributed by atoms with van der Waals surface area (Å²) in [6.45, 7) is 6.48. The van der Waals surface area contributed by atoms with Crippen molar-refractivity contribution in [2.24, 2.45) is 0 Å². The summed E-state index contributed by atoms with van der Waals surface area (Å²) >= 11 is 0. The predicted octanol–water partition coefficient (Wildman–Crippen LogP) is 4.29. The highest BCUT2D eigenvalue weighted by atomic mass is 16.5. The van der Waals surface area contributed by atoms with E-state index in [1.165, 1.54) is 0 Å². The maximum Gasteiger partial charge on any atom is 0.253 e. The van der Waals surface area contributed by atoms with Crippen LogP contribution in [0.15, 0.2) is 65.3 Å². The standard InChI is InChI=1S/C24H24N4O3/c1-16-11-21(18(3)28(16)22-12-17(2)31-27-22)24(29)26-14-20-9-10-25-23(13-20)30-15-19-7-5-4-6-8-19/h4-13H,14-15H2,1-3H3,(H,26,29). The molecule has 0 radical (unpaired) electrons. The third-order valence-electron chi connectivity index (χ3n) is 5.00. The number of hydrogen-bond donors (Lipinski definition) is 1. The molecule has 0 aliphatic rings. The van der Waals surface area contributed by atoms with Crippen molar-refractivity contribution >= 4 is 5.91 Å². The highest BCUT2D eigenvalue weighted by molar-refractivity contribution is 5.95.